The molecular formula is C17H17N5O. The molecule has 3 rings (SSSR count). The molecule has 0 spiro atoms. The molecule has 1 aromatic heterocycles. The van der Waals surface area contributed by atoms with E-state index in [-0.39, 0.29) is 5.91 Å². The Morgan fingerprint density at radius 3 is 2.74 bits per heavy atom. The molecule has 1 amide bonds. The van der Waals surface area contributed by atoms with E-state index >= 15 is 0 Å². The third-order valence-corrected chi connectivity index (χ3v) is 3.49. The largest absolute Gasteiger partial charge is 0.352 e. The molecule has 1 heterocycles. The Hall–Kier alpha value is -3.02. The van der Waals surface area contributed by atoms with Crippen molar-refractivity contribution in [2.45, 2.75) is 12.8 Å². The van der Waals surface area contributed by atoms with Crippen LogP contribution in [0, 0.1) is 0 Å². The van der Waals surface area contributed by atoms with Gasteiger partial charge in [0, 0.05) is 12.1 Å². The summed E-state index contributed by atoms with van der Waals surface area (Å²) in [5.41, 5.74) is 2.63. The molecule has 0 radical (unpaired) electrons. The summed E-state index contributed by atoms with van der Waals surface area (Å²) < 4.78 is 1.52. The lowest BCUT2D eigenvalue weighted by Gasteiger charge is -2.07. The second-order valence-corrected chi connectivity index (χ2v) is 5.15. The highest BCUT2D eigenvalue weighted by Crippen LogP contribution is 2.09. The number of rotatable bonds is 6. The van der Waals surface area contributed by atoms with Gasteiger partial charge in [-0.2, -0.15) is 0 Å². The first-order valence-corrected chi connectivity index (χ1v) is 7.48. The lowest BCUT2D eigenvalue weighted by atomic mass is 10.1. The van der Waals surface area contributed by atoms with Crippen LogP contribution in [0.4, 0.5) is 0 Å². The highest BCUT2D eigenvalue weighted by molar-refractivity contribution is 5.94. The minimum atomic E-state index is -0.0898. The Kier molecular flexibility index (Phi) is 4.73. The minimum Gasteiger partial charge on any atom is -0.352 e. The number of carbonyl (C=O) groups excluding carboxylic acids is 1. The van der Waals surface area contributed by atoms with E-state index < -0.39 is 0 Å². The summed E-state index contributed by atoms with van der Waals surface area (Å²) in [6.45, 7) is 0.642. The van der Waals surface area contributed by atoms with Crippen LogP contribution in [-0.4, -0.2) is 32.7 Å². The van der Waals surface area contributed by atoms with E-state index in [4.69, 9.17) is 0 Å². The molecule has 0 aliphatic heterocycles. The molecule has 0 fully saturated rings. The Balaban J connectivity index is 1.53. The zero-order valence-corrected chi connectivity index (χ0v) is 12.6. The molecule has 0 bridgehead atoms. The first-order valence-electron chi connectivity index (χ1n) is 7.48. The molecule has 116 valence electrons. The van der Waals surface area contributed by atoms with Crippen molar-refractivity contribution in [1.29, 1.82) is 0 Å². The maximum absolute atomic E-state index is 12.2. The smallest absolute Gasteiger partial charge is 0.251 e. The van der Waals surface area contributed by atoms with Gasteiger partial charge in [-0.25, -0.2) is 4.68 Å². The van der Waals surface area contributed by atoms with Crippen molar-refractivity contribution in [3.8, 4) is 5.69 Å². The summed E-state index contributed by atoms with van der Waals surface area (Å²) in [6.07, 6.45) is 3.35. The van der Waals surface area contributed by atoms with Gasteiger partial charge >= 0.3 is 0 Å². The Bertz CT molecular complexity index is 756. The van der Waals surface area contributed by atoms with Crippen LogP contribution in [-0.2, 0) is 6.42 Å². The van der Waals surface area contributed by atoms with Gasteiger partial charge in [-0.1, -0.05) is 36.4 Å². The van der Waals surface area contributed by atoms with E-state index in [9.17, 15) is 4.79 Å². The number of nitrogens with zero attached hydrogens (tertiary/aromatic N) is 4. The van der Waals surface area contributed by atoms with Crippen molar-refractivity contribution in [2.75, 3.05) is 6.54 Å². The standard InChI is InChI=1S/C17H17N5O/c23-17(18-11-5-8-14-6-2-1-3-7-14)15-9-4-10-16(12-15)22-13-19-20-21-22/h1-4,6-7,9-10,12-13H,5,8,11H2,(H,18,23). The van der Waals surface area contributed by atoms with Gasteiger partial charge in [-0.15, -0.1) is 5.10 Å². The fourth-order valence-electron chi connectivity index (χ4n) is 2.31. The van der Waals surface area contributed by atoms with Crippen molar-refractivity contribution in [3.05, 3.63) is 72.1 Å². The molecular weight excluding hydrogens is 290 g/mol. The lowest BCUT2D eigenvalue weighted by Crippen LogP contribution is -2.24. The van der Waals surface area contributed by atoms with Crippen molar-refractivity contribution in [3.63, 3.8) is 0 Å². The summed E-state index contributed by atoms with van der Waals surface area (Å²) in [5.74, 6) is -0.0898. The average Bonchev–Trinajstić information content (AvgIpc) is 3.14. The highest BCUT2D eigenvalue weighted by Gasteiger charge is 2.07. The molecule has 6 nitrogen and oxygen atoms in total. The second-order valence-electron chi connectivity index (χ2n) is 5.15. The Morgan fingerprint density at radius 2 is 1.96 bits per heavy atom. The van der Waals surface area contributed by atoms with Crippen LogP contribution in [0.15, 0.2) is 60.9 Å². The number of carbonyl (C=O) groups is 1. The predicted octanol–water partition coefficient (Wildman–Crippen LogP) is 2.02. The predicted molar refractivity (Wildman–Crippen MR) is 86.3 cm³/mol. The van der Waals surface area contributed by atoms with Gasteiger partial charge in [-0.05, 0) is 47.0 Å². The summed E-state index contributed by atoms with van der Waals surface area (Å²) in [7, 11) is 0. The van der Waals surface area contributed by atoms with Crippen molar-refractivity contribution in [1.82, 2.24) is 25.5 Å². The molecule has 3 aromatic rings. The first kappa shape index (κ1) is 14.9. The fourth-order valence-corrected chi connectivity index (χ4v) is 2.31. The van der Waals surface area contributed by atoms with Gasteiger partial charge in [0.1, 0.15) is 6.33 Å². The number of nitrogens with one attached hydrogen (secondary N) is 1. The van der Waals surface area contributed by atoms with Crippen LogP contribution in [0.25, 0.3) is 5.69 Å². The summed E-state index contributed by atoms with van der Waals surface area (Å²) >= 11 is 0. The quantitative estimate of drug-likeness (QED) is 0.707. The monoisotopic (exact) mass is 307 g/mol. The summed E-state index contributed by atoms with van der Waals surface area (Å²) in [4.78, 5) is 12.2. The topological polar surface area (TPSA) is 72.7 Å². The zero-order chi connectivity index (χ0) is 15.9. The second kappa shape index (κ2) is 7.31. The highest BCUT2D eigenvalue weighted by atomic mass is 16.1. The van der Waals surface area contributed by atoms with Gasteiger partial charge in [-0.3, -0.25) is 4.79 Å². The molecule has 0 unspecified atom stereocenters. The van der Waals surface area contributed by atoms with Crippen LogP contribution >= 0.6 is 0 Å². The first-order chi connectivity index (χ1) is 11.3. The average molecular weight is 307 g/mol. The fraction of sp³-hybridized carbons (Fsp3) is 0.176. The van der Waals surface area contributed by atoms with Crippen LogP contribution in [0.2, 0.25) is 0 Å². The minimum absolute atomic E-state index is 0.0898. The molecule has 0 aliphatic carbocycles. The van der Waals surface area contributed by atoms with Gasteiger partial charge < -0.3 is 5.32 Å². The summed E-state index contributed by atoms with van der Waals surface area (Å²) in [5, 5.41) is 14.0. The summed E-state index contributed by atoms with van der Waals surface area (Å²) in [6, 6.07) is 17.5. The van der Waals surface area contributed by atoms with Crippen molar-refractivity contribution >= 4 is 5.91 Å². The number of amides is 1. The van der Waals surface area contributed by atoms with Gasteiger partial charge in [0.2, 0.25) is 0 Å². The number of tetrazole rings is 1. The van der Waals surface area contributed by atoms with E-state index in [2.05, 4.69) is 33.0 Å². The molecule has 0 aliphatic rings. The van der Waals surface area contributed by atoms with Gasteiger partial charge in [0.05, 0.1) is 5.69 Å². The van der Waals surface area contributed by atoms with Crippen LogP contribution in [0.1, 0.15) is 22.3 Å². The van der Waals surface area contributed by atoms with Crippen LogP contribution < -0.4 is 5.32 Å². The van der Waals surface area contributed by atoms with E-state index in [0.29, 0.717) is 12.1 Å². The van der Waals surface area contributed by atoms with Crippen molar-refractivity contribution < 1.29 is 4.79 Å². The van der Waals surface area contributed by atoms with E-state index in [1.54, 1.807) is 12.1 Å². The maximum Gasteiger partial charge on any atom is 0.251 e. The van der Waals surface area contributed by atoms with Gasteiger partial charge in [0.15, 0.2) is 0 Å². The molecule has 2 aromatic carbocycles. The number of hydrogen-bond acceptors (Lipinski definition) is 4. The molecule has 0 saturated carbocycles. The SMILES string of the molecule is O=C(NCCCc1ccccc1)c1cccc(-n2cnnn2)c1. The lowest BCUT2D eigenvalue weighted by molar-refractivity contribution is 0.0953. The van der Waals surface area contributed by atoms with Crippen molar-refractivity contribution in [2.24, 2.45) is 0 Å². The molecule has 23 heavy (non-hydrogen) atoms. The normalized spacial score (nSPS) is 10.4. The zero-order valence-electron chi connectivity index (χ0n) is 12.6. The Labute approximate surface area is 134 Å². The number of aromatic nitrogens is 4. The number of benzene rings is 2. The molecule has 0 saturated heterocycles. The van der Waals surface area contributed by atoms with E-state index in [1.807, 2.05) is 30.3 Å². The number of aryl methyl sites for hydroxylation is 1. The number of hydrogen-bond donors (Lipinski definition) is 1. The molecule has 1 N–H and O–H groups in total. The van der Waals surface area contributed by atoms with Crippen LogP contribution in [0.5, 0.6) is 0 Å². The third-order valence-electron chi connectivity index (χ3n) is 3.49. The third kappa shape index (κ3) is 4.00. The van der Waals surface area contributed by atoms with E-state index in [0.717, 1.165) is 18.5 Å². The van der Waals surface area contributed by atoms with Crippen LogP contribution in [0.3, 0.4) is 0 Å². The molecule has 0 atom stereocenters. The molecule has 6 heteroatoms. The Morgan fingerprint density at radius 1 is 1.09 bits per heavy atom. The maximum atomic E-state index is 12.2. The van der Waals surface area contributed by atoms with Gasteiger partial charge in [0.25, 0.3) is 5.91 Å². The van der Waals surface area contributed by atoms with E-state index in [1.165, 1.54) is 16.6 Å².